The zero-order valence-corrected chi connectivity index (χ0v) is 17.2. The van der Waals surface area contributed by atoms with Gasteiger partial charge in [-0.2, -0.15) is 0 Å². The molecule has 6 heteroatoms. The summed E-state index contributed by atoms with van der Waals surface area (Å²) in [5.41, 5.74) is 2.95. The second-order valence-electron chi connectivity index (χ2n) is 7.30. The first kappa shape index (κ1) is 20.9. The minimum atomic E-state index is -0.338. The SMILES string of the molecule is COc1ccc(C[NH+]2CCN(C(=O)/C=C/c3cc(C)ccc3OC)CC2)cc1F. The summed E-state index contributed by atoms with van der Waals surface area (Å²) in [7, 11) is 3.09. The number of nitrogens with zero attached hydrogens (tertiary/aromatic N) is 1. The summed E-state index contributed by atoms with van der Waals surface area (Å²) in [5, 5.41) is 0. The topological polar surface area (TPSA) is 43.2 Å². The molecule has 0 atom stereocenters. The van der Waals surface area contributed by atoms with Crippen LogP contribution in [0.1, 0.15) is 16.7 Å². The average molecular weight is 399 g/mol. The third-order valence-corrected chi connectivity index (χ3v) is 5.24. The van der Waals surface area contributed by atoms with Crippen LogP contribution in [0, 0.1) is 12.7 Å². The molecule has 5 nitrogen and oxygen atoms in total. The van der Waals surface area contributed by atoms with Gasteiger partial charge in [-0.15, -0.1) is 0 Å². The number of carbonyl (C=O) groups excluding carboxylic acids is 1. The molecule has 0 unspecified atom stereocenters. The minimum absolute atomic E-state index is 0.00287. The number of benzene rings is 2. The molecule has 2 aromatic rings. The van der Waals surface area contributed by atoms with Gasteiger partial charge in [-0.3, -0.25) is 4.79 Å². The van der Waals surface area contributed by atoms with Gasteiger partial charge >= 0.3 is 0 Å². The molecule has 0 aliphatic carbocycles. The first-order valence-electron chi connectivity index (χ1n) is 9.77. The highest BCUT2D eigenvalue weighted by Gasteiger charge is 2.22. The van der Waals surface area contributed by atoms with Crippen molar-refractivity contribution >= 4 is 12.0 Å². The maximum Gasteiger partial charge on any atom is 0.246 e. The van der Waals surface area contributed by atoms with Crippen LogP contribution in [-0.4, -0.2) is 51.2 Å². The van der Waals surface area contributed by atoms with Crippen molar-refractivity contribution in [1.29, 1.82) is 0 Å². The highest BCUT2D eigenvalue weighted by molar-refractivity contribution is 5.92. The zero-order chi connectivity index (χ0) is 20.8. The Morgan fingerprint density at radius 2 is 1.79 bits per heavy atom. The molecule has 0 spiro atoms. The van der Waals surface area contributed by atoms with Gasteiger partial charge in [-0.05, 0) is 43.3 Å². The molecule has 2 aromatic carbocycles. The molecule has 1 heterocycles. The van der Waals surface area contributed by atoms with E-state index in [0.717, 1.165) is 42.1 Å². The van der Waals surface area contributed by atoms with Crippen LogP contribution in [0.4, 0.5) is 4.39 Å². The molecule has 1 saturated heterocycles. The molecule has 29 heavy (non-hydrogen) atoms. The molecule has 0 saturated carbocycles. The van der Waals surface area contributed by atoms with E-state index in [2.05, 4.69) is 0 Å². The van der Waals surface area contributed by atoms with E-state index in [1.54, 1.807) is 19.3 Å². The Labute approximate surface area is 171 Å². The second-order valence-corrected chi connectivity index (χ2v) is 7.30. The van der Waals surface area contributed by atoms with Gasteiger partial charge in [0.15, 0.2) is 11.6 Å². The van der Waals surface area contributed by atoms with E-state index in [1.165, 1.54) is 18.1 Å². The highest BCUT2D eigenvalue weighted by Crippen LogP contribution is 2.21. The monoisotopic (exact) mass is 399 g/mol. The van der Waals surface area contributed by atoms with Crippen molar-refractivity contribution in [3.05, 3.63) is 65.0 Å². The average Bonchev–Trinajstić information content (AvgIpc) is 2.73. The fourth-order valence-corrected chi connectivity index (χ4v) is 3.58. The van der Waals surface area contributed by atoms with E-state index in [0.29, 0.717) is 13.1 Å². The molecule has 0 bridgehead atoms. The van der Waals surface area contributed by atoms with Crippen molar-refractivity contribution < 1.29 is 23.6 Å². The largest absolute Gasteiger partial charge is 0.496 e. The van der Waals surface area contributed by atoms with Gasteiger partial charge in [-0.25, -0.2) is 4.39 Å². The number of nitrogens with one attached hydrogen (secondary N) is 1. The summed E-state index contributed by atoms with van der Waals surface area (Å²) in [6.45, 7) is 5.78. The number of carbonyl (C=O) groups is 1. The third kappa shape index (κ3) is 5.35. The van der Waals surface area contributed by atoms with Crippen LogP contribution in [0.3, 0.4) is 0 Å². The lowest BCUT2D eigenvalue weighted by atomic mass is 10.1. The Bertz CT molecular complexity index is 890. The van der Waals surface area contributed by atoms with E-state index in [1.807, 2.05) is 42.2 Å². The normalized spacial score (nSPS) is 15.0. The molecule has 0 aromatic heterocycles. The van der Waals surface area contributed by atoms with Crippen molar-refractivity contribution in [2.75, 3.05) is 40.4 Å². The van der Waals surface area contributed by atoms with E-state index in [4.69, 9.17) is 9.47 Å². The molecule has 0 radical (unpaired) electrons. The highest BCUT2D eigenvalue weighted by atomic mass is 19.1. The van der Waals surface area contributed by atoms with Gasteiger partial charge in [0.2, 0.25) is 5.91 Å². The van der Waals surface area contributed by atoms with Crippen molar-refractivity contribution in [3.63, 3.8) is 0 Å². The minimum Gasteiger partial charge on any atom is -0.496 e. The predicted octanol–water partition coefficient (Wildman–Crippen LogP) is 2.09. The van der Waals surface area contributed by atoms with Crippen LogP contribution in [0.5, 0.6) is 11.5 Å². The Morgan fingerprint density at radius 1 is 1.10 bits per heavy atom. The quantitative estimate of drug-likeness (QED) is 0.757. The Balaban J connectivity index is 1.54. The van der Waals surface area contributed by atoms with Crippen LogP contribution in [0.25, 0.3) is 6.08 Å². The Morgan fingerprint density at radius 3 is 2.45 bits per heavy atom. The van der Waals surface area contributed by atoms with Gasteiger partial charge in [0.05, 0.1) is 40.4 Å². The van der Waals surface area contributed by atoms with Crippen molar-refractivity contribution in [1.82, 2.24) is 4.90 Å². The molecular formula is C23H28FN2O3+. The lowest BCUT2D eigenvalue weighted by Crippen LogP contribution is -3.13. The third-order valence-electron chi connectivity index (χ3n) is 5.24. The van der Waals surface area contributed by atoms with E-state index < -0.39 is 0 Å². The van der Waals surface area contributed by atoms with Gasteiger partial charge in [0.25, 0.3) is 0 Å². The van der Waals surface area contributed by atoms with Crippen molar-refractivity contribution in [2.24, 2.45) is 0 Å². The molecule has 154 valence electrons. The number of halogens is 1. The summed E-state index contributed by atoms with van der Waals surface area (Å²) in [6, 6.07) is 11.0. The number of methoxy groups -OCH3 is 2. The molecule has 1 fully saturated rings. The Kier molecular flexibility index (Phi) is 6.88. The maximum atomic E-state index is 13.9. The fourth-order valence-electron chi connectivity index (χ4n) is 3.58. The standard InChI is InChI=1S/C23H27FN2O3/c1-17-4-7-21(28-2)19(14-17)6-9-23(27)26-12-10-25(11-13-26)16-18-5-8-22(29-3)20(24)15-18/h4-9,14-15H,10-13,16H2,1-3H3/p+1/b9-6+. The van der Waals surface area contributed by atoms with Gasteiger partial charge in [0.1, 0.15) is 12.3 Å². The fraction of sp³-hybridized carbons (Fsp3) is 0.348. The van der Waals surface area contributed by atoms with Gasteiger partial charge < -0.3 is 19.3 Å². The van der Waals surface area contributed by atoms with E-state index >= 15 is 0 Å². The van der Waals surface area contributed by atoms with Crippen LogP contribution in [-0.2, 0) is 11.3 Å². The molecular weight excluding hydrogens is 371 g/mol. The summed E-state index contributed by atoms with van der Waals surface area (Å²) >= 11 is 0. The number of ether oxygens (including phenoxy) is 2. The Hall–Kier alpha value is -2.86. The number of piperazine rings is 1. The predicted molar refractivity (Wildman–Crippen MR) is 111 cm³/mol. The number of rotatable bonds is 6. The van der Waals surface area contributed by atoms with Crippen LogP contribution < -0.4 is 14.4 Å². The van der Waals surface area contributed by atoms with Crippen LogP contribution >= 0.6 is 0 Å². The van der Waals surface area contributed by atoms with Crippen molar-refractivity contribution in [2.45, 2.75) is 13.5 Å². The number of hydrogen-bond donors (Lipinski definition) is 1. The second kappa shape index (κ2) is 9.56. The first-order chi connectivity index (χ1) is 14.0. The van der Waals surface area contributed by atoms with E-state index in [9.17, 15) is 9.18 Å². The van der Waals surface area contributed by atoms with Gasteiger partial charge in [-0.1, -0.05) is 11.6 Å². The molecule has 1 amide bonds. The zero-order valence-electron chi connectivity index (χ0n) is 17.2. The molecule has 3 rings (SSSR count). The summed E-state index contributed by atoms with van der Waals surface area (Å²) in [6.07, 6.45) is 3.43. The smallest absolute Gasteiger partial charge is 0.246 e. The summed E-state index contributed by atoms with van der Waals surface area (Å²) < 4.78 is 24.2. The van der Waals surface area contributed by atoms with Crippen LogP contribution in [0.2, 0.25) is 0 Å². The summed E-state index contributed by atoms with van der Waals surface area (Å²) in [5.74, 6) is 0.676. The lowest BCUT2D eigenvalue weighted by molar-refractivity contribution is -0.917. The number of hydrogen-bond acceptors (Lipinski definition) is 3. The van der Waals surface area contributed by atoms with Gasteiger partial charge in [0, 0.05) is 17.2 Å². The maximum absolute atomic E-state index is 13.9. The molecule has 1 aliphatic heterocycles. The number of amides is 1. The summed E-state index contributed by atoms with van der Waals surface area (Å²) in [4.78, 5) is 15.8. The molecule has 1 N–H and O–H groups in total. The number of aryl methyl sites for hydroxylation is 1. The first-order valence-corrected chi connectivity index (χ1v) is 9.77. The molecule has 1 aliphatic rings. The lowest BCUT2D eigenvalue weighted by Gasteiger charge is -2.31. The van der Waals surface area contributed by atoms with Crippen LogP contribution in [0.15, 0.2) is 42.5 Å². The number of quaternary nitrogens is 1. The van der Waals surface area contributed by atoms with E-state index in [-0.39, 0.29) is 17.5 Å². The van der Waals surface area contributed by atoms with Crippen molar-refractivity contribution in [3.8, 4) is 11.5 Å².